The largest absolute Gasteiger partial charge is 0.457 e. The van der Waals surface area contributed by atoms with E-state index in [9.17, 15) is 14.4 Å². The molecule has 1 N–H and O–H groups in total. The molecular weight excluding hydrogens is 432 g/mol. The summed E-state index contributed by atoms with van der Waals surface area (Å²) in [5.41, 5.74) is 1.56. The fourth-order valence-electron chi connectivity index (χ4n) is 3.86. The van der Waals surface area contributed by atoms with Gasteiger partial charge in [-0.2, -0.15) is 0 Å². The smallest absolute Gasteiger partial charge is 0.311 e. The highest BCUT2D eigenvalue weighted by Crippen LogP contribution is 2.29. The molecule has 2 atom stereocenters. The summed E-state index contributed by atoms with van der Waals surface area (Å²) in [6.07, 6.45) is 0.0838. The van der Waals surface area contributed by atoms with Gasteiger partial charge in [0.15, 0.2) is 6.61 Å². The molecule has 34 heavy (non-hydrogen) atoms. The Kier molecular flexibility index (Phi) is 7.22. The lowest BCUT2D eigenvalue weighted by Gasteiger charge is -2.25. The number of hydrogen-bond acceptors (Lipinski definition) is 5. The van der Waals surface area contributed by atoms with Crippen molar-refractivity contribution in [3.8, 4) is 11.5 Å². The fourth-order valence-corrected chi connectivity index (χ4v) is 3.86. The number of hydrogen-bond donors (Lipinski definition) is 1. The second-order valence-corrected chi connectivity index (χ2v) is 8.13. The molecule has 0 radical (unpaired) electrons. The van der Waals surface area contributed by atoms with E-state index in [1.165, 1.54) is 0 Å². The number of carbonyl (C=O) groups is 3. The molecular formula is C27H26N2O5. The summed E-state index contributed by atoms with van der Waals surface area (Å²) in [5.74, 6) is -0.327. The number of carbonyl (C=O) groups excluding carboxylic acids is 3. The standard InChI is InChI=1S/C27H26N2O5/c1-19(20-8-4-2-5-9-20)29-17-21(16-26(29)31)27(32)33-18-25(30)28-22-12-14-24(15-13-22)34-23-10-6-3-7-11-23/h2-15,19,21H,16-18H2,1H3,(H,28,30)/t19-,21+/m0/s1. The summed E-state index contributed by atoms with van der Waals surface area (Å²) < 4.78 is 10.9. The summed E-state index contributed by atoms with van der Waals surface area (Å²) in [4.78, 5) is 38.8. The molecule has 0 spiro atoms. The zero-order chi connectivity index (χ0) is 23.9. The van der Waals surface area contributed by atoms with Crippen LogP contribution in [-0.2, 0) is 19.1 Å². The maximum absolute atomic E-state index is 12.5. The number of likely N-dealkylation sites (tertiary alicyclic amines) is 1. The van der Waals surface area contributed by atoms with E-state index in [2.05, 4.69) is 5.32 Å². The quantitative estimate of drug-likeness (QED) is 0.500. The number of nitrogens with zero attached hydrogens (tertiary/aromatic N) is 1. The Bertz CT molecular complexity index is 1130. The minimum Gasteiger partial charge on any atom is -0.457 e. The predicted octanol–water partition coefficient (Wildman–Crippen LogP) is 4.57. The second-order valence-electron chi connectivity index (χ2n) is 8.13. The zero-order valence-corrected chi connectivity index (χ0v) is 18.8. The van der Waals surface area contributed by atoms with Crippen LogP contribution in [0.5, 0.6) is 11.5 Å². The number of para-hydroxylation sites is 1. The van der Waals surface area contributed by atoms with Gasteiger partial charge < -0.3 is 19.7 Å². The molecule has 0 aliphatic carbocycles. The van der Waals surface area contributed by atoms with Crippen molar-refractivity contribution in [2.45, 2.75) is 19.4 Å². The highest BCUT2D eigenvalue weighted by Gasteiger charge is 2.38. The minimum absolute atomic E-state index is 0.0838. The van der Waals surface area contributed by atoms with E-state index in [4.69, 9.17) is 9.47 Å². The summed E-state index contributed by atoms with van der Waals surface area (Å²) in [6, 6.07) is 25.8. The molecule has 0 saturated carbocycles. The first-order valence-electron chi connectivity index (χ1n) is 11.1. The van der Waals surface area contributed by atoms with Crippen molar-refractivity contribution < 1.29 is 23.9 Å². The molecule has 0 bridgehead atoms. The van der Waals surface area contributed by atoms with Gasteiger partial charge in [-0.25, -0.2) is 0 Å². The number of nitrogens with one attached hydrogen (secondary N) is 1. The summed E-state index contributed by atoms with van der Waals surface area (Å²) in [5, 5.41) is 2.69. The molecule has 1 aliphatic rings. The van der Waals surface area contributed by atoms with Crippen LogP contribution in [0.3, 0.4) is 0 Å². The average molecular weight is 459 g/mol. The van der Waals surface area contributed by atoms with E-state index in [0.717, 1.165) is 5.56 Å². The van der Waals surface area contributed by atoms with Crippen LogP contribution in [0.1, 0.15) is 24.9 Å². The van der Waals surface area contributed by atoms with Crippen LogP contribution < -0.4 is 10.1 Å². The Balaban J connectivity index is 1.24. The number of ether oxygens (including phenoxy) is 2. The Morgan fingerprint density at radius 1 is 0.941 bits per heavy atom. The van der Waals surface area contributed by atoms with Crippen LogP contribution in [0.4, 0.5) is 5.69 Å². The topological polar surface area (TPSA) is 84.9 Å². The van der Waals surface area contributed by atoms with Crippen molar-refractivity contribution in [3.63, 3.8) is 0 Å². The lowest BCUT2D eigenvalue weighted by atomic mass is 10.1. The van der Waals surface area contributed by atoms with Gasteiger partial charge in [0.2, 0.25) is 5.91 Å². The third-order valence-corrected chi connectivity index (χ3v) is 5.70. The van der Waals surface area contributed by atoms with Gasteiger partial charge in [-0.3, -0.25) is 14.4 Å². The van der Waals surface area contributed by atoms with E-state index in [-0.39, 0.29) is 24.9 Å². The van der Waals surface area contributed by atoms with E-state index in [1.807, 2.05) is 67.6 Å². The minimum atomic E-state index is -0.583. The van der Waals surface area contributed by atoms with Gasteiger partial charge in [-0.05, 0) is 48.9 Å². The Morgan fingerprint density at radius 3 is 2.24 bits per heavy atom. The van der Waals surface area contributed by atoms with Gasteiger partial charge in [-0.1, -0.05) is 48.5 Å². The van der Waals surface area contributed by atoms with Crippen molar-refractivity contribution in [3.05, 3.63) is 90.5 Å². The molecule has 7 nitrogen and oxygen atoms in total. The van der Waals surface area contributed by atoms with Crippen molar-refractivity contribution in [2.24, 2.45) is 5.92 Å². The summed E-state index contributed by atoms with van der Waals surface area (Å²) >= 11 is 0. The van der Waals surface area contributed by atoms with Crippen LogP contribution in [0.2, 0.25) is 0 Å². The Hall–Kier alpha value is -4.13. The third-order valence-electron chi connectivity index (χ3n) is 5.70. The molecule has 3 aromatic rings. The normalized spacial score (nSPS) is 16.1. The van der Waals surface area contributed by atoms with Gasteiger partial charge >= 0.3 is 5.97 Å². The van der Waals surface area contributed by atoms with Crippen LogP contribution in [0.15, 0.2) is 84.9 Å². The molecule has 1 fully saturated rings. The molecule has 1 saturated heterocycles. The molecule has 2 amide bonds. The monoisotopic (exact) mass is 458 g/mol. The first kappa shape index (κ1) is 23.0. The molecule has 3 aromatic carbocycles. The van der Waals surface area contributed by atoms with Gasteiger partial charge in [0.1, 0.15) is 11.5 Å². The van der Waals surface area contributed by atoms with Gasteiger partial charge in [0.25, 0.3) is 5.91 Å². The number of esters is 1. The summed E-state index contributed by atoms with van der Waals surface area (Å²) in [6.45, 7) is 1.79. The van der Waals surface area contributed by atoms with Gasteiger partial charge in [0.05, 0.1) is 12.0 Å². The Labute approximate surface area is 198 Å². The first-order valence-corrected chi connectivity index (χ1v) is 11.1. The van der Waals surface area contributed by atoms with Crippen LogP contribution in [-0.4, -0.2) is 35.8 Å². The maximum atomic E-state index is 12.5. The molecule has 174 valence electrons. The lowest BCUT2D eigenvalue weighted by molar-refractivity contribution is -0.151. The highest BCUT2D eigenvalue weighted by atomic mass is 16.5. The van der Waals surface area contributed by atoms with Gasteiger partial charge in [0, 0.05) is 18.7 Å². The van der Waals surface area contributed by atoms with Crippen LogP contribution in [0.25, 0.3) is 0 Å². The van der Waals surface area contributed by atoms with Crippen molar-refractivity contribution in [1.82, 2.24) is 4.90 Å². The first-order chi connectivity index (χ1) is 16.5. The third kappa shape index (κ3) is 5.81. The molecule has 0 aromatic heterocycles. The molecule has 1 heterocycles. The van der Waals surface area contributed by atoms with E-state index >= 15 is 0 Å². The van der Waals surface area contributed by atoms with Crippen molar-refractivity contribution in [1.29, 1.82) is 0 Å². The molecule has 0 unspecified atom stereocenters. The van der Waals surface area contributed by atoms with Crippen LogP contribution >= 0.6 is 0 Å². The van der Waals surface area contributed by atoms with E-state index < -0.39 is 24.4 Å². The molecule has 4 rings (SSSR count). The number of rotatable bonds is 8. The number of anilines is 1. The maximum Gasteiger partial charge on any atom is 0.311 e. The predicted molar refractivity (Wildman–Crippen MR) is 127 cm³/mol. The fraction of sp³-hybridized carbons (Fsp3) is 0.222. The Morgan fingerprint density at radius 2 is 1.56 bits per heavy atom. The molecule has 1 aliphatic heterocycles. The van der Waals surface area contributed by atoms with Crippen molar-refractivity contribution in [2.75, 3.05) is 18.5 Å². The van der Waals surface area contributed by atoms with Crippen molar-refractivity contribution >= 4 is 23.5 Å². The number of benzene rings is 3. The van der Waals surface area contributed by atoms with E-state index in [0.29, 0.717) is 17.2 Å². The van der Waals surface area contributed by atoms with Gasteiger partial charge in [-0.15, -0.1) is 0 Å². The highest BCUT2D eigenvalue weighted by molar-refractivity contribution is 5.93. The van der Waals surface area contributed by atoms with E-state index in [1.54, 1.807) is 29.2 Å². The lowest BCUT2D eigenvalue weighted by Crippen LogP contribution is -2.30. The number of amides is 2. The zero-order valence-electron chi connectivity index (χ0n) is 18.8. The SMILES string of the molecule is C[C@@H](c1ccccc1)N1C[C@H](C(=O)OCC(=O)Nc2ccc(Oc3ccccc3)cc2)CC1=O. The average Bonchev–Trinajstić information content (AvgIpc) is 3.26. The second kappa shape index (κ2) is 10.7. The molecule has 7 heteroatoms. The van der Waals surface area contributed by atoms with Crippen LogP contribution in [0, 0.1) is 5.92 Å². The summed E-state index contributed by atoms with van der Waals surface area (Å²) in [7, 11) is 0.